The van der Waals surface area contributed by atoms with E-state index < -0.39 is 5.25 Å². The highest BCUT2D eigenvalue weighted by Gasteiger charge is 2.23. The lowest BCUT2D eigenvalue weighted by Crippen LogP contribution is -2.20. The van der Waals surface area contributed by atoms with Gasteiger partial charge in [-0.2, -0.15) is 0 Å². The van der Waals surface area contributed by atoms with Gasteiger partial charge in [0.2, 0.25) is 5.91 Å². The van der Waals surface area contributed by atoms with E-state index in [1.807, 2.05) is 74.5 Å². The smallest absolute Gasteiger partial charge is 0.257 e. The molecule has 0 saturated heterocycles. The van der Waals surface area contributed by atoms with Crippen LogP contribution in [0.2, 0.25) is 10.0 Å². The predicted octanol–water partition coefficient (Wildman–Crippen LogP) is 8.33. The number of hydrogen-bond acceptors (Lipinski definition) is 3. The molecule has 1 unspecified atom stereocenters. The quantitative estimate of drug-likeness (QED) is 0.234. The zero-order valence-electron chi connectivity index (χ0n) is 19.7. The number of rotatable bonds is 7. The van der Waals surface area contributed by atoms with E-state index in [-0.39, 0.29) is 16.8 Å². The van der Waals surface area contributed by atoms with Gasteiger partial charge in [-0.3, -0.25) is 9.59 Å². The number of para-hydroxylation sites is 1. The van der Waals surface area contributed by atoms with Crippen molar-refractivity contribution in [1.29, 1.82) is 0 Å². The number of carbonyl (C=O) groups excluding carboxylic acids is 2. The Bertz CT molecular complexity index is 1370. The molecule has 0 saturated carbocycles. The van der Waals surface area contributed by atoms with Crippen LogP contribution in [0.1, 0.15) is 32.3 Å². The summed E-state index contributed by atoms with van der Waals surface area (Å²) in [5.74, 6) is -0.425. The number of carbonyl (C=O) groups is 2. The molecule has 2 N–H and O–H groups in total. The molecule has 0 aliphatic rings. The highest BCUT2D eigenvalue weighted by molar-refractivity contribution is 8.00. The van der Waals surface area contributed by atoms with Gasteiger partial charge >= 0.3 is 0 Å². The van der Waals surface area contributed by atoms with Gasteiger partial charge in [0.25, 0.3) is 5.91 Å². The lowest BCUT2D eigenvalue weighted by molar-refractivity contribution is -0.115. The molecule has 0 aliphatic heterocycles. The summed E-state index contributed by atoms with van der Waals surface area (Å²) in [7, 11) is 0. The molecule has 0 bridgehead atoms. The summed E-state index contributed by atoms with van der Waals surface area (Å²) in [6, 6.07) is 27.7. The van der Waals surface area contributed by atoms with E-state index in [1.54, 1.807) is 24.3 Å². The van der Waals surface area contributed by atoms with Crippen molar-refractivity contribution in [1.82, 2.24) is 0 Å². The van der Waals surface area contributed by atoms with Gasteiger partial charge in [0, 0.05) is 21.3 Å². The summed E-state index contributed by atoms with van der Waals surface area (Å²) in [5, 5.41) is 6.26. The SMILES string of the molecule is Cc1cccc(C)c1NC(=O)C(Sc1ccc(NC(=O)c2ccc(Cl)cc2Cl)cc1)c1ccccc1. The number of halogens is 2. The summed E-state index contributed by atoms with van der Waals surface area (Å²) in [6.07, 6.45) is 0. The van der Waals surface area contributed by atoms with E-state index in [9.17, 15) is 9.59 Å². The normalized spacial score (nSPS) is 11.6. The second kappa shape index (κ2) is 11.7. The van der Waals surface area contributed by atoms with Crippen LogP contribution in [-0.4, -0.2) is 11.8 Å². The third-order valence-electron chi connectivity index (χ3n) is 5.61. The van der Waals surface area contributed by atoms with Gasteiger partial charge in [-0.15, -0.1) is 11.8 Å². The Morgan fingerprint density at radius 1 is 0.778 bits per heavy atom. The van der Waals surface area contributed by atoms with Crippen LogP contribution in [0.4, 0.5) is 11.4 Å². The highest BCUT2D eigenvalue weighted by Crippen LogP contribution is 2.37. The van der Waals surface area contributed by atoms with Gasteiger partial charge in [0.1, 0.15) is 5.25 Å². The van der Waals surface area contributed by atoms with Crippen molar-refractivity contribution < 1.29 is 9.59 Å². The fourth-order valence-electron chi connectivity index (χ4n) is 3.73. The van der Waals surface area contributed by atoms with Crippen LogP contribution in [0.3, 0.4) is 0 Å². The summed E-state index contributed by atoms with van der Waals surface area (Å²) in [6.45, 7) is 3.97. The molecule has 4 rings (SSSR count). The molecular weight excluding hydrogens is 511 g/mol. The van der Waals surface area contributed by atoms with Crippen LogP contribution in [0, 0.1) is 13.8 Å². The Morgan fingerprint density at radius 2 is 1.44 bits per heavy atom. The first kappa shape index (κ1) is 25.8. The first-order chi connectivity index (χ1) is 17.3. The van der Waals surface area contributed by atoms with Crippen molar-refractivity contribution in [2.45, 2.75) is 24.0 Å². The molecule has 1 atom stereocenters. The van der Waals surface area contributed by atoms with E-state index in [4.69, 9.17) is 23.2 Å². The molecule has 0 fully saturated rings. The number of benzene rings is 4. The molecular formula is C29H24Cl2N2O2S. The lowest BCUT2D eigenvalue weighted by Gasteiger charge is -2.19. The number of anilines is 2. The van der Waals surface area contributed by atoms with Crippen LogP contribution in [0.15, 0.2) is 95.9 Å². The van der Waals surface area contributed by atoms with E-state index >= 15 is 0 Å². The average molecular weight is 535 g/mol. The van der Waals surface area contributed by atoms with E-state index in [1.165, 1.54) is 17.8 Å². The van der Waals surface area contributed by atoms with Gasteiger partial charge in [0.15, 0.2) is 0 Å². The number of thioether (sulfide) groups is 1. The molecule has 0 heterocycles. The number of nitrogens with one attached hydrogen (secondary N) is 2. The van der Waals surface area contributed by atoms with Crippen molar-refractivity contribution in [2.75, 3.05) is 10.6 Å². The molecule has 0 spiro atoms. The van der Waals surface area contributed by atoms with Crippen LogP contribution < -0.4 is 10.6 Å². The van der Waals surface area contributed by atoms with Crippen LogP contribution in [0.25, 0.3) is 0 Å². The van der Waals surface area contributed by atoms with Crippen LogP contribution >= 0.6 is 35.0 Å². The van der Waals surface area contributed by atoms with Gasteiger partial charge in [-0.1, -0.05) is 71.7 Å². The van der Waals surface area contributed by atoms with Gasteiger partial charge in [-0.05, 0) is 73.0 Å². The largest absolute Gasteiger partial charge is 0.324 e. The minimum atomic E-state index is -0.460. The summed E-state index contributed by atoms with van der Waals surface area (Å²) in [5.41, 5.74) is 4.73. The van der Waals surface area contributed by atoms with Crippen molar-refractivity contribution in [3.05, 3.63) is 123 Å². The third kappa shape index (κ3) is 6.30. The number of aryl methyl sites for hydroxylation is 2. The van der Waals surface area contributed by atoms with Crippen molar-refractivity contribution >= 4 is 58.2 Å². The third-order valence-corrected chi connectivity index (χ3v) is 7.43. The standard InChI is InChI=1S/C29H24Cl2N2O2S/c1-18-7-6-8-19(2)26(18)33-29(35)27(20-9-4-3-5-10-20)36-23-14-12-22(13-15-23)32-28(34)24-16-11-21(30)17-25(24)31/h3-17,27H,1-2H3,(H,32,34)(H,33,35). The summed E-state index contributed by atoms with van der Waals surface area (Å²) < 4.78 is 0. The highest BCUT2D eigenvalue weighted by atomic mass is 35.5. The molecule has 0 radical (unpaired) electrons. The van der Waals surface area contributed by atoms with Crippen molar-refractivity contribution in [2.24, 2.45) is 0 Å². The molecule has 36 heavy (non-hydrogen) atoms. The van der Waals surface area contributed by atoms with E-state index in [2.05, 4.69) is 10.6 Å². The minimum absolute atomic E-state index is 0.0987. The van der Waals surface area contributed by atoms with E-state index in [0.717, 1.165) is 27.3 Å². The molecule has 7 heteroatoms. The zero-order chi connectivity index (χ0) is 25.7. The first-order valence-electron chi connectivity index (χ1n) is 11.3. The number of hydrogen-bond donors (Lipinski definition) is 2. The van der Waals surface area contributed by atoms with Crippen molar-refractivity contribution in [3.8, 4) is 0 Å². The van der Waals surface area contributed by atoms with Gasteiger partial charge in [-0.25, -0.2) is 0 Å². The average Bonchev–Trinajstić information content (AvgIpc) is 2.86. The molecule has 182 valence electrons. The van der Waals surface area contributed by atoms with Gasteiger partial charge in [0.05, 0.1) is 10.6 Å². The summed E-state index contributed by atoms with van der Waals surface area (Å²) >= 11 is 13.5. The Hall–Kier alpha value is -3.25. The van der Waals surface area contributed by atoms with E-state index in [0.29, 0.717) is 16.3 Å². The second-order valence-corrected chi connectivity index (χ2v) is 10.3. The maximum Gasteiger partial charge on any atom is 0.257 e. The van der Waals surface area contributed by atoms with Crippen LogP contribution in [0.5, 0.6) is 0 Å². The Kier molecular flexibility index (Phi) is 8.36. The predicted molar refractivity (Wildman–Crippen MR) is 150 cm³/mol. The molecule has 4 aromatic carbocycles. The van der Waals surface area contributed by atoms with Crippen LogP contribution in [-0.2, 0) is 4.79 Å². The molecule has 4 aromatic rings. The van der Waals surface area contributed by atoms with Crippen molar-refractivity contribution in [3.63, 3.8) is 0 Å². The Balaban J connectivity index is 1.51. The van der Waals surface area contributed by atoms with Gasteiger partial charge < -0.3 is 10.6 Å². The molecule has 2 amide bonds. The maximum atomic E-state index is 13.4. The molecule has 0 aliphatic carbocycles. The number of amides is 2. The fourth-order valence-corrected chi connectivity index (χ4v) is 5.24. The molecule has 0 aromatic heterocycles. The minimum Gasteiger partial charge on any atom is -0.324 e. The Labute approximate surface area is 225 Å². The Morgan fingerprint density at radius 3 is 2.08 bits per heavy atom. The maximum absolute atomic E-state index is 13.4. The summed E-state index contributed by atoms with van der Waals surface area (Å²) in [4.78, 5) is 26.9. The lowest BCUT2D eigenvalue weighted by atomic mass is 10.1. The zero-order valence-corrected chi connectivity index (χ0v) is 22.0. The molecule has 4 nitrogen and oxygen atoms in total. The second-order valence-electron chi connectivity index (χ2n) is 8.27. The monoisotopic (exact) mass is 534 g/mol. The first-order valence-corrected chi connectivity index (χ1v) is 12.9. The topological polar surface area (TPSA) is 58.2 Å². The fraction of sp³-hybridized carbons (Fsp3) is 0.103.